The van der Waals surface area contributed by atoms with Crippen molar-refractivity contribution in [3.8, 4) is 5.75 Å². The molecule has 1 atom stereocenters. The number of rotatable bonds is 2. The van der Waals surface area contributed by atoms with Crippen molar-refractivity contribution in [2.75, 3.05) is 11.1 Å². The van der Waals surface area contributed by atoms with E-state index in [0.29, 0.717) is 17.4 Å². The fourth-order valence-electron chi connectivity index (χ4n) is 3.35. The average molecular weight is 338 g/mol. The molecule has 3 heterocycles. The first kappa shape index (κ1) is 15.7. The summed E-state index contributed by atoms with van der Waals surface area (Å²) in [5.41, 5.74) is 8.79. The Labute approximate surface area is 146 Å². The first-order chi connectivity index (χ1) is 11.8. The molecule has 0 aliphatic carbocycles. The maximum absolute atomic E-state index is 6.15. The fraction of sp³-hybridized carbons (Fsp3) is 0.389. The van der Waals surface area contributed by atoms with Crippen LogP contribution in [0.2, 0.25) is 0 Å². The molecule has 3 aromatic rings. The lowest BCUT2D eigenvalue weighted by molar-refractivity contribution is 0.0757. The Balaban J connectivity index is 1.74. The van der Waals surface area contributed by atoms with Crippen LogP contribution in [0.5, 0.6) is 5.75 Å². The summed E-state index contributed by atoms with van der Waals surface area (Å²) in [6.07, 6.45) is 2.49. The lowest BCUT2D eigenvalue weighted by Crippen LogP contribution is -2.37. The highest BCUT2D eigenvalue weighted by Gasteiger charge is 2.34. The molecule has 0 bridgehead atoms. The van der Waals surface area contributed by atoms with E-state index < -0.39 is 0 Å². The van der Waals surface area contributed by atoms with E-state index in [4.69, 9.17) is 10.5 Å². The molecule has 0 fully saturated rings. The zero-order valence-corrected chi connectivity index (χ0v) is 14.9. The van der Waals surface area contributed by atoms with Gasteiger partial charge in [-0.2, -0.15) is 15.1 Å². The topological polar surface area (TPSA) is 90.9 Å². The summed E-state index contributed by atoms with van der Waals surface area (Å²) in [7, 11) is 1.84. The second-order valence-electron chi connectivity index (χ2n) is 7.24. The highest BCUT2D eigenvalue weighted by Crippen LogP contribution is 2.41. The van der Waals surface area contributed by atoms with Crippen molar-refractivity contribution < 1.29 is 4.74 Å². The molecule has 0 radical (unpaired) electrons. The minimum Gasteiger partial charge on any atom is -0.487 e. The molecule has 0 spiro atoms. The lowest BCUT2D eigenvalue weighted by Gasteiger charge is -2.38. The Bertz CT molecular complexity index is 962. The predicted molar refractivity (Wildman–Crippen MR) is 97.6 cm³/mol. The summed E-state index contributed by atoms with van der Waals surface area (Å²) >= 11 is 0. The summed E-state index contributed by atoms with van der Waals surface area (Å²) in [5.74, 6) is 1.84. The number of hydrogen-bond donors (Lipinski definition) is 2. The van der Waals surface area contributed by atoms with Gasteiger partial charge in [-0.15, -0.1) is 0 Å². The Morgan fingerprint density at radius 2 is 2.12 bits per heavy atom. The second kappa shape index (κ2) is 5.34. The van der Waals surface area contributed by atoms with E-state index >= 15 is 0 Å². The third-order valence-corrected chi connectivity index (χ3v) is 4.55. The van der Waals surface area contributed by atoms with E-state index in [1.165, 1.54) is 5.56 Å². The molecule has 1 aromatic carbocycles. The summed E-state index contributed by atoms with van der Waals surface area (Å²) in [4.78, 5) is 8.99. The largest absolute Gasteiger partial charge is 0.487 e. The molecular formula is C18H22N6O. The standard InChI is InChI=1S/C18H22N6O/c1-10-5-6-11-13(8-18(2,3)25-14(11)7-10)21-17-22-15(19)12-9-20-24(4)16(12)23-17/h5-7,9,13H,8H2,1-4H3,(H3,19,21,22,23). The van der Waals surface area contributed by atoms with E-state index in [1.54, 1.807) is 10.9 Å². The average Bonchev–Trinajstić information content (AvgIpc) is 2.87. The predicted octanol–water partition coefficient (Wildman–Crippen LogP) is 2.97. The monoisotopic (exact) mass is 338 g/mol. The van der Waals surface area contributed by atoms with Crippen LogP contribution in [0.25, 0.3) is 11.0 Å². The molecule has 4 rings (SSSR count). The molecule has 0 amide bonds. The van der Waals surface area contributed by atoms with Crippen LogP contribution in [-0.4, -0.2) is 25.3 Å². The molecule has 2 aromatic heterocycles. The Hall–Kier alpha value is -2.83. The molecule has 7 heteroatoms. The van der Waals surface area contributed by atoms with Crippen LogP contribution in [0.1, 0.15) is 37.4 Å². The highest BCUT2D eigenvalue weighted by molar-refractivity contribution is 5.86. The highest BCUT2D eigenvalue weighted by atomic mass is 16.5. The number of benzene rings is 1. The zero-order valence-electron chi connectivity index (χ0n) is 14.9. The van der Waals surface area contributed by atoms with Gasteiger partial charge in [-0.1, -0.05) is 12.1 Å². The number of nitrogens with two attached hydrogens (primary N) is 1. The van der Waals surface area contributed by atoms with Crippen molar-refractivity contribution in [2.45, 2.75) is 38.8 Å². The van der Waals surface area contributed by atoms with Crippen molar-refractivity contribution in [2.24, 2.45) is 7.05 Å². The number of fused-ring (bicyclic) bond motifs is 2. The normalized spacial score (nSPS) is 18.6. The van der Waals surface area contributed by atoms with Crippen LogP contribution in [0.3, 0.4) is 0 Å². The van der Waals surface area contributed by atoms with Gasteiger partial charge < -0.3 is 15.8 Å². The van der Waals surface area contributed by atoms with Crippen LogP contribution in [0.4, 0.5) is 11.8 Å². The van der Waals surface area contributed by atoms with Crippen LogP contribution in [-0.2, 0) is 7.05 Å². The zero-order chi connectivity index (χ0) is 17.8. The van der Waals surface area contributed by atoms with Crippen molar-refractivity contribution in [1.29, 1.82) is 0 Å². The summed E-state index contributed by atoms with van der Waals surface area (Å²) in [6, 6.07) is 6.31. The number of hydrogen-bond acceptors (Lipinski definition) is 6. The number of nitrogen functional groups attached to an aromatic ring is 1. The van der Waals surface area contributed by atoms with Gasteiger partial charge in [0.05, 0.1) is 17.6 Å². The SMILES string of the molecule is Cc1ccc2c(c1)OC(C)(C)CC2Nc1nc(N)c2cnn(C)c2n1. The summed E-state index contributed by atoms with van der Waals surface area (Å²) < 4.78 is 7.85. The van der Waals surface area contributed by atoms with Crippen LogP contribution in [0, 0.1) is 6.92 Å². The number of ether oxygens (including phenoxy) is 1. The third kappa shape index (κ3) is 2.75. The Morgan fingerprint density at radius 3 is 2.92 bits per heavy atom. The minimum atomic E-state index is -0.277. The smallest absolute Gasteiger partial charge is 0.227 e. The lowest BCUT2D eigenvalue weighted by atomic mass is 9.89. The van der Waals surface area contributed by atoms with Gasteiger partial charge in [0.25, 0.3) is 0 Å². The maximum Gasteiger partial charge on any atom is 0.227 e. The summed E-state index contributed by atoms with van der Waals surface area (Å²) in [6.45, 7) is 6.24. The van der Waals surface area contributed by atoms with Crippen molar-refractivity contribution in [3.05, 3.63) is 35.5 Å². The van der Waals surface area contributed by atoms with Crippen molar-refractivity contribution in [1.82, 2.24) is 19.7 Å². The van der Waals surface area contributed by atoms with Crippen molar-refractivity contribution >= 4 is 22.8 Å². The van der Waals surface area contributed by atoms with Gasteiger partial charge in [-0.3, -0.25) is 4.68 Å². The number of nitrogens with one attached hydrogen (secondary N) is 1. The number of aromatic nitrogens is 4. The molecular weight excluding hydrogens is 316 g/mol. The Morgan fingerprint density at radius 1 is 1.32 bits per heavy atom. The molecule has 25 heavy (non-hydrogen) atoms. The minimum absolute atomic E-state index is 0.0458. The maximum atomic E-state index is 6.15. The molecule has 1 aliphatic rings. The second-order valence-corrected chi connectivity index (χ2v) is 7.24. The van der Waals surface area contributed by atoms with Gasteiger partial charge >= 0.3 is 0 Å². The van der Waals surface area contributed by atoms with Gasteiger partial charge in [-0.05, 0) is 32.4 Å². The van der Waals surface area contributed by atoms with Crippen LogP contribution < -0.4 is 15.8 Å². The quantitative estimate of drug-likeness (QED) is 0.746. The molecule has 7 nitrogen and oxygen atoms in total. The third-order valence-electron chi connectivity index (χ3n) is 4.55. The van der Waals surface area contributed by atoms with E-state index in [0.717, 1.165) is 23.1 Å². The first-order valence-corrected chi connectivity index (χ1v) is 8.34. The van der Waals surface area contributed by atoms with Gasteiger partial charge in [-0.25, -0.2) is 0 Å². The molecule has 0 saturated heterocycles. The van der Waals surface area contributed by atoms with Gasteiger partial charge in [0.1, 0.15) is 17.2 Å². The van der Waals surface area contributed by atoms with Gasteiger partial charge in [0.15, 0.2) is 5.65 Å². The Kier molecular flexibility index (Phi) is 3.35. The number of nitrogens with zero attached hydrogens (tertiary/aromatic N) is 4. The van der Waals surface area contributed by atoms with E-state index in [9.17, 15) is 0 Å². The first-order valence-electron chi connectivity index (χ1n) is 8.34. The summed E-state index contributed by atoms with van der Waals surface area (Å²) in [5, 5.41) is 8.40. The van der Waals surface area contributed by atoms with Gasteiger partial charge in [0.2, 0.25) is 5.95 Å². The van der Waals surface area contributed by atoms with E-state index in [1.807, 2.05) is 7.05 Å². The molecule has 1 aliphatic heterocycles. The molecule has 0 saturated carbocycles. The van der Waals surface area contributed by atoms with E-state index in [2.05, 4.69) is 59.4 Å². The molecule has 130 valence electrons. The van der Waals surface area contributed by atoms with Crippen molar-refractivity contribution in [3.63, 3.8) is 0 Å². The van der Waals surface area contributed by atoms with Gasteiger partial charge in [0, 0.05) is 19.0 Å². The molecule has 3 N–H and O–H groups in total. The van der Waals surface area contributed by atoms with Crippen LogP contribution in [0.15, 0.2) is 24.4 Å². The number of aryl methyl sites for hydroxylation is 2. The van der Waals surface area contributed by atoms with E-state index in [-0.39, 0.29) is 11.6 Å². The fourth-order valence-corrected chi connectivity index (χ4v) is 3.35. The molecule has 1 unspecified atom stereocenters. The number of anilines is 2. The van der Waals surface area contributed by atoms with Crippen LogP contribution >= 0.6 is 0 Å².